The molecule has 1 aromatic heterocycles. The summed E-state index contributed by atoms with van der Waals surface area (Å²) in [5.74, 6) is -0.729. The van der Waals surface area contributed by atoms with Crippen molar-refractivity contribution < 1.29 is 8.78 Å². The number of rotatable bonds is 4. The van der Waals surface area contributed by atoms with Crippen LogP contribution in [0.15, 0.2) is 24.3 Å². The highest BCUT2D eigenvalue weighted by atomic mass is 32.1. The van der Waals surface area contributed by atoms with E-state index in [1.54, 1.807) is 18.3 Å². The molecule has 0 saturated heterocycles. The van der Waals surface area contributed by atoms with Crippen LogP contribution in [-0.2, 0) is 0 Å². The van der Waals surface area contributed by atoms with Gasteiger partial charge in [0.15, 0.2) is 0 Å². The lowest BCUT2D eigenvalue weighted by Gasteiger charge is -2.20. The molecule has 0 amide bonds. The number of halogens is 2. The van der Waals surface area contributed by atoms with Crippen molar-refractivity contribution in [3.8, 4) is 0 Å². The van der Waals surface area contributed by atoms with Gasteiger partial charge in [-0.1, -0.05) is 0 Å². The Labute approximate surface area is 122 Å². The van der Waals surface area contributed by atoms with Crippen LogP contribution < -0.4 is 5.32 Å². The van der Waals surface area contributed by atoms with E-state index in [1.165, 1.54) is 21.9 Å². The molecule has 2 aromatic rings. The highest BCUT2D eigenvalue weighted by Gasteiger charge is 2.17. The van der Waals surface area contributed by atoms with E-state index in [4.69, 9.17) is 0 Å². The average molecular weight is 295 g/mol. The van der Waals surface area contributed by atoms with Crippen LogP contribution in [0.1, 0.15) is 46.8 Å². The summed E-state index contributed by atoms with van der Waals surface area (Å²) < 4.78 is 27.5. The molecular formula is C16H19F2NS. The fourth-order valence-electron chi connectivity index (χ4n) is 2.23. The van der Waals surface area contributed by atoms with E-state index in [9.17, 15) is 8.78 Å². The lowest BCUT2D eigenvalue weighted by molar-refractivity contribution is 0.473. The summed E-state index contributed by atoms with van der Waals surface area (Å²) in [5.41, 5.74) is 0.702. The summed E-state index contributed by atoms with van der Waals surface area (Å²) in [6.07, 6.45) is 0. The van der Waals surface area contributed by atoms with E-state index in [-0.39, 0.29) is 23.7 Å². The highest BCUT2D eigenvalue weighted by molar-refractivity contribution is 7.12. The van der Waals surface area contributed by atoms with Crippen molar-refractivity contribution in [3.05, 3.63) is 56.8 Å². The fraction of sp³-hybridized carbons (Fsp3) is 0.375. The van der Waals surface area contributed by atoms with Gasteiger partial charge in [0.05, 0.1) is 0 Å². The van der Waals surface area contributed by atoms with Gasteiger partial charge in [-0.2, -0.15) is 0 Å². The van der Waals surface area contributed by atoms with Crippen molar-refractivity contribution in [2.45, 2.75) is 39.8 Å². The molecule has 0 aliphatic heterocycles. The molecule has 0 saturated carbocycles. The minimum absolute atomic E-state index is 0.104. The summed E-state index contributed by atoms with van der Waals surface area (Å²) in [6.45, 7) is 7.51. The zero-order chi connectivity index (χ0) is 14.9. The molecule has 0 aliphatic carbocycles. The largest absolute Gasteiger partial charge is 0.303 e. The first-order chi connectivity index (χ1) is 9.38. The van der Waals surface area contributed by atoms with Crippen molar-refractivity contribution in [1.82, 2.24) is 5.32 Å². The molecule has 0 aliphatic rings. The van der Waals surface area contributed by atoms with Gasteiger partial charge in [0.25, 0.3) is 0 Å². The third-order valence-electron chi connectivity index (χ3n) is 3.43. The quantitative estimate of drug-likeness (QED) is 0.831. The van der Waals surface area contributed by atoms with Crippen molar-refractivity contribution in [2.75, 3.05) is 0 Å². The van der Waals surface area contributed by atoms with Crippen molar-refractivity contribution >= 4 is 11.3 Å². The first kappa shape index (κ1) is 15.1. The third-order valence-corrected chi connectivity index (χ3v) is 4.62. The van der Waals surface area contributed by atoms with E-state index in [1.807, 2.05) is 13.8 Å². The number of hydrogen-bond acceptors (Lipinski definition) is 2. The Morgan fingerprint density at radius 2 is 1.70 bits per heavy atom. The van der Waals surface area contributed by atoms with Crippen molar-refractivity contribution in [1.29, 1.82) is 0 Å². The zero-order valence-corrected chi connectivity index (χ0v) is 12.9. The molecule has 0 bridgehead atoms. The maximum atomic E-state index is 13.9. The Morgan fingerprint density at radius 1 is 1.00 bits per heavy atom. The van der Waals surface area contributed by atoms with Crippen molar-refractivity contribution in [3.63, 3.8) is 0 Å². The van der Waals surface area contributed by atoms with Crippen molar-refractivity contribution in [2.24, 2.45) is 0 Å². The Bertz CT molecular complexity index is 607. The summed E-state index contributed by atoms with van der Waals surface area (Å²) in [4.78, 5) is 2.44. The monoisotopic (exact) mass is 295 g/mol. The zero-order valence-electron chi connectivity index (χ0n) is 12.1. The van der Waals surface area contributed by atoms with Gasteiger partial charge in [0.1, 0.15) is 11.6 Å². The van der Waals surface area contributed by atoms with E-state index in [0.717, 1.165) is 0 Å². The highest BCUT2D eigenvalue weighted by Crippen LogP contribution is 2.27. The van der Waals surface area contributed by atoms with E-state index in [2.05, 4.69) is 24.4 Å². The third kappa shape index (κ3) is 3.25. The number of benzene rings is 1. The summed E-state index contributed by atoms with van der Waals surface area (Å²) >= 11 is 1.71. The van der Waals surface area contributed by atoms with Crippen LogP contribution >= 0.6 is 11.3 Å². The standard InChI is InChI=1S/C16H19F2NS/c1-9-7-15(18)13(8-14(9)17)11(3)19-12(4)16-6-5-10(2)20-16/h5-8,11-12,19H,1-4H3. The molecule has 0 spiro atoms. The Balaban J connectivity index is 2.16. The number of nitrogens with one attached hydrogen (secondary N) is 1. The van der Waals surface area contributed by atoms with Gasteiger partial charge >= 0.3 is 0 Å². The van der Waals surface area contributed by atoms with E-state index < -0.39 is 0 Å². The Kier molecular flexibility index (Phi) is 4.55. The first-order valence-corrected chi connectivity index (χ1v) is 7.48. The second kappa shape index (κ2) is 6.02. The molecular weight excluding hydrogens is 276 g/mol. The normalized spacial score (nSPS) is 14.3. The van der Waals surface area contributed by atoms with Crippen LogP contribution in [0.5, 0.6) is 0 Å². The van der Waals surface area contributed by atoms with Crippen LogP contribution in [0.25, 0.3) is 0 Å². The van der Waals surface area contributed by atoms with E-state index in [0.29, 0.717) is 11.1 Å². The molecule has 20 heavy (non-hydrogen) atoms. The van der Waals surface area contributed by atoms with Gasteiger partial charge in [-0.15, -0.1) is 11.3 Å². The number of hydrogen-bond donors (Lipinski definition) is 1. The lowest BCUT2D eigenvalue weighted by atomic mass is 10.0. The summed E-state index contributed by atoms with van der Waals surface area (Å²) in [6, 6.07) is 6.53. The second-order valence-electron chi connectivity index (χ2n) is 5.18. The van der Waals surface area contributed by atoms with Crippen LogP contribution in [0.4, 0.5) is 8.78 Å². The minimum atomic E-state index is -0.366. The second-order valence-corrected chi connectivity index (χ2v) is 6.50. The van der Waals surface area contributed by atoms with Gasteiger partial charge in [-0.3, -0.25) is 0 Å². The average Bonchev–Trinajstić information content (AvgIpc) is 2.80. The van der Waals surface area contributed by atoms with Crippen LogP contribution in [0, 0.1) is 25.5 Å². The molecule has 108 valence electrons. The van der Waals surface area contributed by atoms with E-state index >= 15 is 0 Å². The molecule has 1 aromatic carbocycles. The SMILES string of the molecule is Cc1ccc(C(C)NC(C)c2cc(F)c(C)cc2F)s1. The molecule has 1 heterocycles. The van der Waals surface area contributed by atoms with Gasteiger partial charge in [-0.25, -0.2) is 8.78 Å². The predicted octanol–water partition coefficient (Wildman–Crippen LogP) is 5.05. The molecule has 1 nitrogen and oxygen atoms in total. The van der Waals surface area contributed by atoms with Gasteiger partial charge in [-0.05, 0) is 57.5 Å². The number of aryl methyl sites for hydroxylation is 2. The van der Waals surface area contributed by atoms with Crippen LogP contribution in [-0.4, -0.2) is 0 Å². The molecule has 2 atom stereocenters. The minimum Gasteiger partial charge on any atom is -0.303 e. The molecule has 2 unspecified atom stereocenters. The van der Waals surface area contributed by atoms with Gasteiger partial charge in [0, 0.05) is 27.4 Å². The topological polar surface area (TPSA) is 12.0 Å². The maximum Gasteiger partial charge on any atom is 0.128 e. The maximum absolute atomic E-state index is 13.9. The van der Waals surface area contributed by atoms with Gasteiger partial charge < -0.3 is 5.32 Å². The van der Waals surface area contributed by atoms with Crippen LogP contribution in [0.2, 0.25) is 0 Å². The number of thiophene rings is 1. The fourth-order valence-corrected chi connectivity index (χ4v) is 3.12. The summed E-state index contributed by atoms with van der Waals surface area (Å²) in [5, 5.41) is 3.32. The smallest absolute Gasteiger partial charge is 0.128 e. The predicted molar refractivity (Wildman–Crippen MR) is 80.1 cm³/mol. The summed E-state index contributed by atoms with van der Waals surface area (Å²) in [7, 11) is 0. The molecule has 0 fully saturated rings. The lowest BCUT2D eigenvalue weighted by Crippen LogP contribution is -2.23. The molecule has 0 radical (unpaired) electrons. The van der Waals surface area contributed by atoms with Crippen LogP contribution in [0.3, 0.4) is 0 Å². The Hall–Kier alpha value is -1.26. The molecule has 2 rings (SSSR count). The van der Waals surface area contributed by atoms with Gasteiger partial charge in [0.2, 0.25) is 0 Å². The Morgan fingerprint density at radius 3 is 2.30 bits per heavy atom. The molecule has 1 N–H and O–H groups in total. The first-order valence-electron chi connectivity index (χ1n) is 6.66. The molecule has 4 heteroatoms.